The molecule has 0 saturated carbocycles. The minimum absolute atomic E-state index is 0. The first-order valence-electron chi connectivity index (χ1n) is 11.1. The number of halogens is 1. The summed E-state index contributed by atoms with van der Waals surface area (Å²) >= 11 is 0. The van der Waals surface area contributed by atoms with Gasteiger partial charge in [-0.05, 0) is 82.1 Å². The van der Waals surface area contributed by atoms with Crippen LogP contribution in [0.15, 0.2) is 12.1 Å². The van der Waals surface area contributed by atoms with Crippen molar-refractivity contribution in [1.82, 2.24) is 15.5 Å². The largest absolute Gasteiger partial charge is 0.483 e. The zero-order chi connectivity index (χ0) is 20.4. The highest BCUT2D eigenvalue weighted by Gasteiger charge is 2.34. The van der Waals surface area contributed by atoms with Crippen LogP contribution in [0, 0.1) is 13.8 Å². The molecule has 0 aliphatic carbocycles. The first-order chi connectivity index (χ1) is 14.0. The van der Waals surface area contributed by atoms with E-state index >= 15 is 0 Å². The Bertz CT molecular complexity index is 744. The Hall–Kier alpha value is -1.79. The van der Waals surface area contributed by atoms with Crippen molar-refractivity contribution in [3.8, 4) is 5.75 Å². The van der Waals surface area contributed by atoms with Gasteiger partial charge in [0.15, 0.2) is 6.61 Å². The monoisotopic (exact) mass is 435 g/mol. The molecule has 3 aliphatic rings. The third-order valence-electron chi connectivity index (χ3n) is 6.58. The fraction of sp³-hybridized carbons (Fsp3) is 0.652. The lowest BCUT2D eigenvalue weighted by atomic mass is 9.99. The van der Waals surface area contributed by atoms with Crippen LogP contribution in [0.2, 0.25) is 0 Å². The zero-order valence-electron chi connectivity index (χ0n) is 18.0. The number of likely N-dealkylation sites (tertiary alicyclic amines) is 1. The van der Waals surface area contributed by atoms with Gasteiger partial charge in [0.2, 0.25) is 0 Å². The van der Waals surface area contributed by atoms with Gasteiger partial charge in [0, 0.05) is 36.8 Å². The van der Waals surface area contributed by atoms with Gasteiger partial charge in [-0.15, -0.1) is 12.4 Å². The van der Waals surface area contributed by atoms with Gasteiger partial charge in [0.25, 0.3) is 11.8 Å². The molecule has 7 heteroatoms. The first kappa shape index (κ1) is 22.9. The summed E-state index contributed by atoms with van der Waals surface area (Å²) in [5, 5.41) is 6.83. The lowest BCUT2D eigenvalue weighted by Crippen LogP contribution is -2.48. The molecule has 0 radical (unpaired) electrons. The maximum atomic E-state index is 12.8. The van der Waals surface area contributed by atoms with E-state index in [4.69, 9.17) is 4.74 Å². The van der Waals surface area contributed by atoms with Crippen LogP contribution in [0.3, 0.4) is 0 Å². The van der Waals surface area contributed by atoms with Crippen molar-refractivity contribution >= 4 is 24.2 Å². The van der Waals surface area contributed by atoms with E-state index in [-0.39, 0.29) is 36.9 Å². The Morgan fingerprint density at radius 3 is 2.27 bits per heavy atom. The molecule has 0 spiro atoms. The van der Waals surface area contributed by atoms with Gasteiger partial charge in [0.1, 0.15) is 5.75 Å². The van der Waals surface area contributed by atoms with E-state index in [0.717, 1.165) is 49.9 Å². The number of piperidine rings is 2. The maximum absolute atomic E-state index is 12.8. The highest BCUT2D eigenvalue weighted by molar-refractivity contribution is 5.95. The van der Waals surface area contributed by atoms with E-state index < -0.39 is 0 Å². The average molecular weight is 436 g/mol. The van der Waals surface area contributed by atoms with E-state index in [9.17, 15) is 9.59 Å². The van der Waals surface area contributed by atoms with Crippen LogP contribution < -0.4 is 15.4 Å². The SMILES string of the molecule is Cc1cc(C(=O)NC2CC3CCC(C2)N3)cc(C)c1OCC(=O)N1CCCCC1.Cl. The van der Waals surface area contributed by atoms with Crippen LogP contribution in [0.4, 0.5) is 0 Å². The van der Waals surface area contributed by atoms with Crippen LogP contribution >= 0.6 is 12.4 Å². The van der Waals surface area contributed by atoms with Gasteiger partial charge in [-0.2, -0.15) is 0 Å². The summed E-state index contributed by atoms with van der Waals surface area (Å²) in [6.07, 6.45) is 7.82. The van der Waals surface area contributed by atoms with Gasteiger partial charge in [-0.3, -0.25) is 9.59 Å². The lowest BCUT2D eigenvalue weighted by Gasteiger charge is -2.29. The molecule has 0 aromatic heterocycles. The normalized spacial score (nSPS) is 25.4. The number of hydrogen-bond acceptors (Lipinski definition) is 4. The van der Waals surface area contributed by atoms with Crippen LogP contribution in [0.1, 0.15) is 66.4 Å². The molecule has 3 fully saturated rings. The van der Waals surface area contributed by atoms with E-state index in [1.165, 1.54) is 19.3 Å². The summed E-state index contributed by atoms with van der Waals surface area (Å²) in [4.78, 5) is 27.1. The van der Waals surface area contributed by atoms with Gasteiger partial charge in [-0.1, -0.05) is 0 Å². The quantitative estimate of drug-likeness (QED) is 0.745. The molecular weight excluding hydrogens is 402 g/mol. The molecule has 30 heavy (non-hydrogen) atoms. The first-order valence-corrected chi connectivity index (χ1v) is 11.1. The fourth-order valence-electron chi connectivity index (χ4n) is 5.12. The number of ether oxygens (including phenoxy) is 1. The fourth-order valence-corrected chi connectivity index (χ4v) is 5.12. The predicted octanol–water partition coefficient (Wildman–Crippen LogP) is 3.13. The van der Waals surface area contributed by atoms with E-state index in [2.05, 4.69) is 10.6 Å². The minimum Gasteiger partial charge on any atom is -0.483 e. The highest BCUT2D eigenvalue weighted by atomic mass is 35.5. The number of nitrogens with one attached hydrogen (secondary N) is 2. The van der Waals surface area contributed by atoms with Crippen LogP contribution in [-0.4, -0.2) is 54.5 Å². The van der Waals surface area contributed by atoms with Gasteiger partial charge in [-0.25, -0.2) is 0 Å². The lowest BCUT2D eigenvalue weighted by molar-refractivity contribution is -0.134. The summed E-state index contributed by atoms with van der Waals surface area (Å²) in [5.74, 6) is 0.746. The Kier molecular flexibility index (Phi) is 7.64. The van der Waals surface area contributed by atoms with Crippen LogP contribution in [0.5, 0.6) is 5.75 Å². The minimum atomic E-state index is -0.0153. The molecule has 2 unspecified atom stereocenters. The second kappa shape index (κ2) is 10.0. The van der Waals surface area contributed by atoms with Crippen LogP contribution in [0.25, 0.3) is 0 Å². The number of rotatable bonds is 5. The summed E-state index contributed by atoms with van der Waals surface area (Å²) in [7, 11) is 0. The van der Waals surface area contributed by atoms with E-state index in [1.807, 2.05) is 30.9 Å². The van der Waals surface area contributed by atoms with Gasteiger partial charge in [0.05, 0.1) is 0 Å². The molecular formula is C23H34ClN3O3. The number of benzene rings is 1. The second-order valence-electron chi connectivity index (χ2n) is 8.95. The molecule has 3 aliphatic heterocycles. The molecule has 2 bridgehead atoms. The van der Waals surface area contributed by atoms with Gasteiger partial charge >= 0.3 is 0 Å². The Morgan fingerprint density at radius 1 is 1.07 bits per heavy atom. The number of carbonyl (C=O) groups is 2. The number of carbonyl (C=O) groups excluding carboxylic acids is 2. The van der Waals surface area contributed by atoms with Crippen molar-refractivity contribution in [2.75, 3.05) is 19.7 Å². The standard InChI is InChI=1S/C23H33N3O3.ClH/c1-15-10-17(23(28)25-20-12-18-6-7-19(13-20)24-18)11-16(2)22(15)29-14-21(27)26-8-4-3-5-9-26;/h10-11,18-20,24H,3-9,12-14H2,1-2H3,(H,25,28);1H. The molecule has 3 heterocycles. The number of hydrogen-bond donors (Lipinski definition) is 2. The molecule has 4 rings (SSSR count). The molecule has 2 atom stereocenters. The Labute approximate surface area is 185 Å². The van der Waals surface area contributed by atoms with Crippen molar-refractivity contribution < 1.29 is 14.3 Å². The number of fused-ring (bicyclic) bond motifs is 2. The molecule has 2 N–H and O–H groups in total. The summed E-state index contributed by atoms with van der Waals surface area (Å²) < 4.78 is 5.87. The molecule has 166 valence electrons. The Balaban J connectivity index is 0.00000256. The van der Waals surface area contributed by atoms with Crippen molar-refractivity contribution in [2.24, 2.45) is 0 Å². The highest BCUT2D eigenvalue weighted by Crippen LogP contribution is 2.28. The molecule has 1 aromatic carbocycles. The summed E-state index contributed by atoms with van der Waals surface area (Å²) in [5.41, 5.74) is 2.46. The van der Waals surface area contributed by atoms with Gasteiger partial charge < -0.3 is 20.3 Å². The molecule has 6 nitrogen and oxygen atoms in total. The second-order valence-corrected chi connectivity index (χ2v) is 8.95. The average Bonchev–Trinajstić information content (AvgIpc) is 3.05. The third-order valence-corrected chi connectivity index (χ3v) is 6.58. The smallest absolute Gasteiger partial charge is 0.260 e. The summed E-state index contributed by atoms with van der Waals surface area (Å²) in [6.45, 7) is 5.60. The van der Waals surface area contributed by atoms with Crippen molar-refractivity contribution in [3.05, 3.63) is 28.8 Å². The molecule has 3 saturated heterocycles. The maximum Gasteiger partial charge on any atom is 0.260 e. The van der Waals surface area contributed by atoms with Crippen molar-refractivity contribution in [3.63, 3.8) is 0 Å². The Morgan fingerprint density at radius 2 is 1.67 bits per heavy atom. The van der Waals surface area contributed by atoms with Crippen LogP contribution in [-0.2, 0) is 4.79 Å². The van der Waals surface area contributed by atoms with Crippen molar-refractivity contribution in [1.29, 1.82) is 0 Å². The molecule has 1 aromatic rings. The molecule has 2 amide bonds. The van der Waals surface area contributed by atoms with E-state index in [0.29, 0.717) is 23.4 Å². The topological polar surface area (TPSA) is 70.7 Å². The number of amides is 2. The summed E-state index contributed by atoms with van der Waals surface area (Å²) in [6, 6.07) is 5.10. The third kappa shape index (κ3) is 5.27. The zero-order valence-corrected chi connectivity index (χ0v) is 18.9. The number of nitrogens with zero attached hydrogens (tertiary/aromatic N) is 1. The van der Waals surface area contributed by atoms with E-state index in [1.54, 1.807) is 0 Å². The predicted molar refractivity (Wildman–Crippen MR) is 120 cm³/mol. The number of aryl methyl sites for hydroxylation is 2. The van der Waals surface area contributed by atoms with Crippen molar-refractivity contribution in [2.45, 2.75) is 76.9 Å².